The second-order valence-corrected chi connectivity index (χ2v) is 4.67. The van der Waals surface area contributed by atoms with Gasteiger partial charge >= 0.3 is 5.97 Å². The number of aliphatic imine (C=N–C) groups is 2. The van der Waals surface area contributed by atoms with Gasteiger partial charge < -0.3 is 14.4 Å². The number of nitrogens with zero attached hydrogens (tertiary/aromatic N) is 3. The van der Waals surface area contributed by atoms with Gasteiger partial charge in [0, 0.05) is 19.8 Å². The lowest BCUT2D eigenvalue weighted by atomic mass is 10.2. The number of carbonyl (C=O) groups excluding carboxylic acids is 1. The Kier molecular flexibility index (Phi) is 6.38. The number of hydrogen-bond donors (Lipinski definition) is 0. The van der Waals surface area contributed by atoms with E-state index in [1.807, 2.05) is 6.92 Å². The van der Waals surface area contributed by atoms with E-state index in [0.717, 1.165) is 12.4 Å². The second kappa shape index (κ2) is 7.79. The van der Waals surface area contributed by atoms with Crippen LogP contribution in [0.15, 0.2) is 21.3 Å². The molecule has 6 nitrogen and oxygen atoms in total. The van der Waals surface area contributed by atoms with Gasteiger partial charge in [0.25, 0.3) is 0 Å². The number of ether oxygens (including phenoxy) is 2. The van der Waals surface area contributed by atoms with Crippen molar-refractivity contribution in [2.24, 2.45) is 9.98 Å². The summed E-state index contributed by atoms with van der Waals surface area (Å²) in [6.07, 6.45) is 1.57. The number of hydrogen-bond acceptors (Lipinski definition) is 5. The molecule has 0 aromatic carbocycles. The molecule has 1 rings (SSSR count). The normalized spacial score (nSPS) is 21.9. The molecule has 0 aliphatic carbocycles. The quantitative estimate of drug-likeness (QED) is 0.338. The Morgan fingerprint density at radius 2 is 2.15 bits per heavy atom. The first-order chi connectivity index (χ1) is 9.51. The monoisotopic (exact) mass is 281 g/mol. The van der Waals surface area contributed by atoms with Gasteiger partial charge in [0.1, 0.15) is 5.84 Å². The van der Waals surface area contributed by atoms with E-state index in [1.165, 1.54) is 7.11 Å². The summed E-state index contributed by atoms with van der Waals surface area (Å²) >= 11 is 0. The van der Waals surface area contributed by atoms with Gasteiger partial charge in [-0.05, 0) is 20.8 Å². The van der Waals surface area contributed by atoms with Crippen molar-refractivity contribution < 1.29 is 14.3 Å². The highest BCUT2D eigenvalue weighted by Crippen LogP contribution is 2.11. The zero-order valence-corrected chi connectivity index (χ0v) is 12.8. The fourth-order valence-electron chi connectivity index (χ4n) is 2.04. The van der Waals surface area contributed by atoms with Gasteiger partial charge in [-0.2, -0.15) is 0 Å². The average molecular weight is 281 g/mol. The van der Waals surface area contributed by atoms with E-state index in [1.54, 1.807) is 20.2 Å². The van der Waals surface area contributed by atoms with E-state index in [-0.39, 0.29) is 6.04 Å². The topological polar surface area (TPSA) is 63.5 Å². The Hall–Kier alpha value is -1.69. The molecule has 20 heavy (non-hydrogen) atoms. The van der Waals surface area contributed by atoms with Crippen LogP contribution in [-0.2, 0) is 14.3 Å². The first kappa shape index (κ1) is 16.4. The minimum atomic E-state index is -0.397. The number of methoxy groups -OCH3 is 1. The minimum Gasteiger partial charge on any atom is -0.466 e. The Morgan fingerprint density at radius 3 is 2.70 bits per heavy atom. The van der Waals surface area contributed by atoms with Crippen molar-refractivity contribution in [3.05, 3.63) is 11.3 Å². The molecule has 6 heteroatoms. The van der Waals surface area contributed by atoms with E-state index in [9.17, 15) is 4.79 Å². The highest BCUT2D eigenvalue weighted by atomic mass is 16.5. The first-order valence-electron chi connectivity index (χ1n) is 6.62. The average Bonchev–Trinajstić information content (AvgIpc) is 2.45. The molecule has 1 heterocycles. The molecule has 112 valence electrons. The van der Waals surface area contributed by atoms with E-state index in [4.69, 9.17) is 9.47 Å². The number of amidine groups is 1. The van der Waals surface area contributed by atoms with Crippen LogP contribution in [0.3, 0.4) is 0 Å². The highest BCUT2D eigenvalue weighted by Gasteiger charge is 2.20. The van der Waals surface area contributed by atoms with Crippen LogP contribution >= 0.6 is 0 Å². The lowest BCUT2D eigenvalue weighted by Crippen LogP contribution is -2.46. The third-order valence-electron chi connectivity index (χ3n) is 3.19. The van der Waals surface area contributed by atoms with E-state index < -0.39 is 5.97 Å². The molecule has 0 N–H and O–H groups in total. The smallest absolute Gasteiger partial charge is 0.335 e. The van der Waals surface area contributed by atoms with Crippen LogP contribution in [0.1, 0.15) is 20.8 Å². The fourth-order valence-corrected chi connectivity index (χ4v) is 2.04. The molecule has 0 unspecified atom stereocenters. The molecule has 0 saturated carbocycles. The SMILES string of the molecule is C\N=C/C(/N=C(\C)N1CCOC[C@H]1C)=C(\C)C(=O)OC. The zero-order valence-electron chi connectivity index (χ0n) is 12.8. The maximum Gasteiger partial charge on any atom is 0.335 e. The van der Waals surface area contributed by atoms with E-state index in [0.29, 0.717) is 24.5 Å². The number of morpholine rings is 1. The maximum absolute atomic E-state index is 11.6. The molecule has 1 atom stereocenters. The third kappa shape index (κ3) is 4.16. The van der Waals surface area contributed by atoms with Crippen LogP contribution in [0, 0.1) is 0 Å². The molecular formula is C14H23N3O3. The van der Waals surface area contributed by atoms with Crippen molar-refractivity contribution in [3.8, 4) is 0 Å². The van der Waals surface area contributed by atoms with Gasteiger partial charge in [-0.15, -0.1) is 0 Å². The Labute approximate surface area is 120 Å². The van der Waals surface area contributed by atoms with Gasteiger partial charge in [-0.3, -0.25) is 4.99 Å². The van der Waals surface area contributed by atoms with Gasteiger partial charge in [0.2, 0.25) is 0 Å². The second-order valence-electron chi connectivity index (χ2n) is 4.67. The largest absolute Gasteiger partial charge is 0.466 e. The van der Waals surface area contributed by atoms with Gasteiger partial charge in [0.05, 0.1) is 37.6 Å². The molecule has 0 spiro atoms. The number of esters is 1. The fraction of sp³-hybridized carbons (Fsp3) is 0.643. The molecule has 1 aliphatic rings. The molecule has 1 fully saturated rings. The summed E-state index contributed by atoms with van der Waals surface area (Å²) < 4.78 is 10.1. The molecule has 0 aromatic heterocycles. The van der Waals surface area contributed by atoms with Crippen LogP contribution in [0.25, 0.3) is 0 Å². The summed E-state index contributed by atoms with van der Waals surface area (Å²) in [5.74, 6) is 0.449. The summed E-state index contributed by atoms with van der Waals surface area (Å²) in [5, 5.41) is 0. The minimum absolute atomic E-state index is 0.269. The summed E-state index contributed by atoms with van der Waals surface area (Å²) in [6.45, 7) is 7.86. The molecule has 0 aromatic rings. The number of rotatable bonds is 3. The zero-order chi connectivity index (χ0) is 15.1. The van der Waals surface area contributed by atoms with Gasteiger partial charge in [0.15, 0.2) is 0 Å². The lowest BCUT2D eigenvalue weighted by Gasteiger charge is -2.34. The van der Waals surface area contributed by atoms with Crippen molar-refractivity contribution in [1.82, 2.24) is 4.90 Å². The summed E-state index contributed by atoms with van der Waals surface area (Å²) in [6, 6.07) is 0.269. The van der Waals surface area contributed by atoms with E-state index in [2.05, 4.69) is 21.8 Å². The summed E-state index contributed by atoms with van der Waals surface area (Å²) in [7, 11) is 3.00. The predicted octanol–water partition coefficient (Wildman–Crippen LogP) is 1.27. The van der Waals surface area contributed by atoms with Crippen molar-refractivity contribution in [3.63, 3.8) is 0 Å². The summed E-state index contributed by atoms with van der Waals surface area (Å²) in [4.78, 5) is 22.2. The Morgan fingerprint density at radius 1 is 1.45 bits per heavy atom. The first-order valence-corrected chi connectivity index (χ1v) is 6.62. The predicted molar refractivity (Wildman–Crippen MR) is 79.2 cm³/mol. The van der Waals surface area contributed by atoms with Crippen molar-refractivity contribution in [1.29, 1.82) is 0 Å². The number of carbonyl (C=O) groups is 1. The molecular weight excluding hydrogens is 258 g/mol. The van der Waals surface area contributed by atoms with Crippen LogP contribution in [0.5, 0.6) is 0 Å². The van der Waals surface area contributed by atoms with Crippen molar-refractivity contribution >= 4 is 18.0 Å². The number of allylic oxidation sites excluding steroid dienone is 1. The van der Waals surface area contributed by atoms with Crippen molar-refractivity contribution in [2.45, 2.75) is 26.8 Å². The van der Waals surface area contributed by atoms with Crippen molar-refractivity contribution in [2.75, 3.05) is 33.9 Å². The standard InChI is InChI=1S/C14H23N3O3/c1-10-9-20-7-6-17(10)12(3)16-13(8-15-4)11(2)14(18)19-5/h8,10H,6-7,9H2,1-5H3/b13-11-,15-8-,16-12+/t10-/m1/s1. The molecule has 1 saturated heterocycles. The highest BCUT2D eigenvalue weighted by molar-refractivity contribution is 5.98. The van der Waals surface area contributed by atoms with Crippen LogP contribution in [0.4, 0.5) is 0 Å². The van der Waals surface area contributed by atoms with E-state index >= 15 is 0 Å². The molecule has 1 aliphatic heterocycles. The molecule has 0 bridgehead atoms. The molecule has 0 radical (unpaired) electrons. The van der Waals surface area contributed by atoms with Gasteiger partial charge in [-0.25, -0.2) is 9.79 Å². The lowest BCUT2D eigenvalue weighted by molar-refractivity contribution is -0.136. The maximum atomic E-state index is 11.6. The summed E-state index contributed by atoms with van der Waals surface area (Å²) in [5.41, 5.74) is 0.967. The Bertz CT molecular complexity index is 441. The van der Waals surface area contributed by atoms with Crippen LogP contribution in [-0.4, -0.2) is 62.9 Å². The van der Waals surface area contributed by atoms with Crippen LogP contribution in [0.2, 0.25) is 0 Å². The molecule has 0 amide bonds. The third-order valence-corrected chi connectivity index (χ3v) is 3.19. The van der Waals surface area contributed by atoms with Crippen LogP contribution < -0.4 is 0 Å². The Balaban J connectivity index is 3.04. The van der Waals surface area contributed by atoms with Gasteiger partial charge in [-0.1, -0.05) is 0 Å².